The zero-order valence-corrected chi connectivity index (χ0v) is 17.1. The Hall–Kier alpha value is -4.01. The topological polar surface area (TPSA) is 116 Å². The number of rotatable bonds is 4. The van der Waals surface area contributed by atoms with Crippen LogP contribution in [0.5, 0.6) is 0 Å². The second-order valence-corrected chi connectivity index (χ2v) is 8.07. The largest absolute Gasteiger partial charge is 0.324 e. The first-order chi connectivity index (χ1) is 15.4. The van der Waals surface area contributed by atoms with Crippen LogP contribution < -0.4 is 15.5 Å². The number of carbonyl (C=O) groups excluding carboxylic acids is 5. The molecule has 0 bridgehead atoms. The fraction of sp³-hybridized carbons (Fsp3) is 0.261. The summed E-state index contributed by atoms with van der Waals surface area (Å²) < 4.78 is 0. The van der Waals surface area contributed by atoms with Gasteiger partial charge in [-0.1, -0.05) is 24.3 Å². The average molecular weight is 432 g/mol. The lowest BCUT2D eigenvalue weighted by Crippen LogP contribution is -2.52. The standard InChI is InChI=1S/C23H20N4O5/c28-19-9-8-18(22(31)25-19)27-11-15-14(23(27)32)5-3-6-16(15)24-20(29)12-26-17-7-2-1-4-13(17)10-21(26)30/h1-7,18H,8-12H2,(H,24,29)(H,25,28,31). The van der Waals surface area contributed by atoms with E-state index in [1.807, 2.05) is 24.3 Å². The zero-order chi connectivity index (χ0) is 22.4. The Morgan fingerprint density at radius 2 is 1.88 bits per heavy atom. The molecule has 0 aromatic heterocycles. The van der Waals surface area contributed by atoms with Crippen molar-refractivity contribution in [3.05, 3.63) is 59.2 Å². The van der Waals surface area contributed by atoms with Crippen molar-refractivity contribution in [2.45, 2.75) is 31.8 Å². The Labute approximate surface area is 183 Å². The number of nitrogens with one attached hydrogen (secondary N) is 2. The van der Waals surface area contributed by atoms with Gasteiger partial charge in [-0.2, -0.15) is 0 Å². The molecular weight excluding hydrogens is 412 g/mol. The molecule has 5 rings (SSSR count). The van der Waals surface area contributed by atoms with E-state index in [-0.39, 0.29) is 56.0 Å². The maximum atomic E-state index is 12.9. The summed E-state index contributed by atoms with van der Waals surface area (Å²) in [6.07, 6.45) is 0.702. The van der Waals surface area contributed by atoms with E-state index < -0.39 is 11.9 Å². The SMILES string of the molecule is O=C1CCC(N2Cc3c(NC(=O)CN4C(=O)Cc5ccccc54)cccc3C2=O)C(=O)N1. The lowest BCUT2D eigenvalue weighted by atomic mass is 10.0. The number of piperidine rings is 1. The number of benzene rings is 2. The molecule has 9 nitrogen and oxygen atoms in total. The smallest absolute Gasteiger partial charge is 0.255 e. The lowest BCUT2D eigenvalue weighted by Gasteiger charge is -2.29. The molecule has 5 amide bonds. The number of carbonyl (C=O) groups is 5. The fourth-order valence-corrected chi connectivity index (χ4v) is 4.53. The van der Waals surface area contributed by atoms with Gasteiger partial charge in [0.05, 0.1) is 6.42 Å². The summed E-state index contributed by atoms with van der Waals surface area (Å²) >= 11 is 0. The third-order valence-corrected chi connectivity index (χ3v) is 6.08. The molecule has 1 atom stereocenters. The van der Waals surface area contributed by atoms with Gasteiger partial charge in [0.2, 0.25) is 23.6 Å². The van der Waals surface area contributed by atoms with Crippen LogP contribution in [0.3, 0.4) is 0 Å². The van der Waals surface area contributed by atoms with E-state index in [1.54, 1.807) is 18.2 Å². The van der Waals surface area contributed by atoms with Crippen molar-refractivity contribution in [3.8, 4) is 0 Å². The third kappa shape index (κ3) is 3.31. The van der Waals surface area contributed by atoms with E-state index in [2.05, 4.69) is 10.6 Å². The summed E-state index contributed by atoms with van der Waals surface area (Å²) in [6, 6.07) is 11.6. The minimum Gasteiger partial charge on any atom is -0.324 e. The minimum atomic E-state index is -0.727. The lowest BCUT2D eigenvalue weighted by molar-refractivity contribution is -0.137. The molecule has 2 aromatic rings. The van der Waals surface area contributed by atoms with Crippen molar-refractivity contribution in [1.82, 2.24) is 10.2 Å². The summed E-state index contributed by atoms with van der Waals surface area (Å²) in [5, 5.41) is 5.09. The van der Waals surface area contributed by atoms with Gasteiger partial charge in [0.15, 0.2) is 0 Å². The first kappa shape index (κ1) is 19.9. The highest BCUT2D eigenvalue weighted by Crippen LogP contribution is 2.33. The molecule has 3 aliphatic heterocycles. The van der Waals surface area contributed by atoms with Crippen molar-refractivity contribution < 1.29 is 24.0 Å². The molecule has 2 aromatic carbocycles. The highest BCUT2D eigenvalue weighted by molar-refractivity contribution is 6.09. The van der Waals surface area contributed by atoms with E-state index in [4.69, 9.17) is 0 Å². The van der Waals surface area contributed by atoms with Gasteiger partial charge in [-0.05, 0) is 30.2 Å². The number of amides is 5. The third-order valence-electron chi connectivity index (χ3n) is 6.08. The number of imide groups is 1. The van der Waals surface area contributed by atoms with Gasteiger partial charge in [-0.15, -0.1) is 0 Å². The van der Waals surface area contributed by atoms with Gasteiger partial charge in [-0.3, -0.25) is 29.3 Å². The van der Waals surface area contributed by atoms with E-state index in [9.17, 15) is 24.0 Å². The summed E-state index contributed by atoms with van der Waals surface area (Å²) in [6.45, 7) is 0.0205. The summed E-state index contributed by atoms with van der Waals surface area (Å²) in [4.78, 5) is 64.6. The Bertz CT molecular complexity index is 1190. The summed E-state index contributed by atoms with van der Waals surface area (Å²) in [5.41, 5.74) is 3.11. The molecule has 0 aliphatic carbocycles. The van der Waals surface area contributed by atoms with Crippen LogP contribution >= 0.6 is 0 Å². The summed E-state index contributed by atoms with van der Waals surface area (Å²) in [7, 11) is 0. The van der Waals surface area contributed by atoms with Crippen molar-refractivity contribution in [2.75, 3.05) is 16.8 Å². The van der Waals surface area contributed by atoms with E-state index in [1.165, 1.54) is 9.80 Å². The van der Waals surface area contributed by atoms with Gasteiger partial charge < -0.3 is 15.1 Å². The molecule has 0 radical (unpaired) electrons. The number of nitrogens with zero attached hydrogens (tertiary/aromatic N) is 2. The predicted molar refractivity (Wildman–Crippen MR) is 114 cm³/mol. The maximum absolute atomic E-state index is 12.9. The molecule has 9 heteroatoms. The van der Waals surface area contributed by atoms with Crippen LogP contribution in [0, 0.1) is 0 Å². The van der Waals surface area contributed by atoms with Gasteiger partial charge >= 0.3 is 0 Å². The van der Waals surface area contributed by atoms with Crippen LogP contribution in [0.2, 0.25) is 0 Å². The van der Waals surface area contributed by atoms with Crippen molar-refractivity contribution in [3.63, 3.8) is 0 Å². The molecular formula is C23H20N4O5. The molecule has 32 heavy (non-hydrogen) atoms. The number of anilines is 2. The first-order valence-electron chi connectivity index (χ1n) is 10.4. The molecule has 1 saturated heterocycles. The molecule has 1 unspecified atom stereocenters. The van der Waals surface area contributed by atoms with Crippen LogP contribution in [-0.4, -0.2) is 47.0 Å². The number of hydrogen-bond donors (Lipinski definition) is 2. The maximum Gasteiger partial charge on any atom is 0.255 e. The molecule has 3 aliphatic rings. The van der Waals surface area contributed by atoms with Gasteiger partial charge in [-0.25, -0.2) is 0 Å². The number of fused-ring (bicyclic) bond motifs is 2. The highest BCUT2D eigenvalue weighted by atomic mass is 16.2. The fourth-order valence-electron chi connectivity index (χ4n) is 4.53. The van der Waals surface area contributed by atoms with Crippen LogP contribution in [0.1, 0.15) is 34.3 Å². The van der Waals surface area contributed by atoms with E-state index in [0.717, 1.165) is 11.3 Å². The van der Waals surface area contributed by atoms with Crippen LogP contribution in [0.4, 0.5) is 11.4 Å². The van der Waals surface area contributed by atoms with Crippen LogP contribution in [0.15, 0.2) is 42.5 Å². The zero-order valence-electron chi connectivity index (χ0n) is 17.1. The predicted octanol–water partition coefficient (Wildman–Crippen LogP) is 0.975. The van der Waals surface area contributed by atoms with E-state index >= 15 is 0 Å². The molecule has 3 heterocycles. The Kier molecular flexibility index (Phi) is 4.73. The van der Waals surface area contributed by atoms with Crippen molar-refractivity contribution in [1.29, 1.82) is 0 Å². The Morgan fingerprint density at radius 3 is 2.69 bits per heavy atom. The minimum absolute atomic E-state index is 0.135. The molecule has 0 spiro atoms. The highest BCUT2D eigenvalue weighted by Gasteiger charge is 2.40. The summed E-state index contributed by atoms with van der Waals surface area (Å²) in [5.74, 6) is -1.66. The van der Waals surface area contributed by atoms with E-state index in [0.29, 0.717) is 16.8 Å². The monoisotopic (exact) mass is 432 g/mol. The Balaban J connectivity index is 1.33. The first-order valence-corrected chi connectivity index (χ1v) is 10.4. The van der Waals surface area contributed by atoms with Gasteiger partial charge in [0.25, 0.3) is 5.91 Å². The molecule has 162 valence electrons. The van der Waals surface area contributed by atoms with Crippen LogP contribution in [0.25, 0.3) is 0 Å². The van der Waals surface area contributed by atoms with Crippen molar-refractivity contribution >= 4 is 40.9 Å². The van der Waals surface area contributed by atoms with Gasteiger partial charge in [0.1, 0.15) is 12.6 Å². The van der Waals surface area contributed by atoms with Crippen LogP contribution in [-0.2, 0) is 32.1 Å². The molecule has 0 saturated carbocycles. The Morgan fingerprint density at radius 1 is 1.06 bits per heavy atom. The quantitative estimate of drug-likeness (QED) is 0.699. The second-order valence-electron chi connectivity index (χ2n) is 8.07. The van der Waals surface area contributed by atoms with Crippen molar-refractivity contribution in [2.24, 2.45) is 0 Å². The van der Waals surface area contributed by atoms with Gasteiger partial charge in [0, 0.05) is 35.5 Å². The molecule has 1 fully saturated rings. The average Bonchev–Trinajstić information content (AvgIpc) is 3.26. The molecule has 2 N–H and O–H groups in total. The second kappa shape index (κ2) is 7.60. The number of para-hydroxylation sites is 1. The normalized spacial score (nSPS) is 19.7. The number of hydrogen-bond acceptors (Lipinski definition) is 5.